The molecule has 0 fully saturated rings. The summed E-state index contributed by atoms with van der Waals surface area (Å²) in [7, 11) is -0.114. The van der Waals surface area contributed by atoms with Crippen molar-refractivity contribution in [2.75, 3.05) is 27.2 Å². The monoisotopic (exact) mass is 309 g/mol. The molecule has 0 aliphatic rings. The molecule has 0 saturated carbocycles. The zero-order valence-corrected chi connectivity index (χ0v) is 12.4. The van der Waals surface area contributed by atoms with Gasteiger partial charge in [0.25, 0.3) is 0 Å². The van der Waals surface area contributed by atoms with Crippen molar-refractivity contribution in [1.29, 1.82) is 0 Å². The van der Waals surface area contributed by atoms with E-state index in [4.69, 9.17) is 17.3 Å². The molecule has 0 bridgehead atoms. The maximum atomic E-state index is 13.5. The fourth-order valence-corrected chi connectivity index (χ4v) is 2.68. The van der Waals surface area contributed by atoms with Gasteiger partial charge in [0.05, 0.1) is 9.92 Å². The Balaban J connectivity index is 2.98. The second-order valence-corrected chi connectivity index (χ2v) is 6.43. The van der Waals surface area contributed by atoms with Crippen molar-refractivity contribution in [3.05, 3.63) is 28.5 Å². The summed E-state index contributed by atoms with van der Waals surface area (Å²) < 4.78 is 39.8. The highest BCUT2D eigenvalue weighted by atomic mass is 35.5. The van der Waals surface area contributed by atoms with Crippen LogP contribution in [0.2, 0.25) is 5.02 Å². The average molecular weight is 310 g/mol. The van der Waals surface area contributed by atoms with Crippen molar-refractivity contribution in [2.24, 2.45) is 5.73 Å². The lowest BCUT2D eigenvalue weighted by molar-refractivity contribution is 0.412. The molecule has 0 heterocycles. The molecular formula is C11H17ClFN3O2S. The van der Waals surface area contributed by atoms with Gasteiger partial charge in [-0.3, -0.25) is 0 Å². The van der Waals surface area contributed by atoms with E-state index in [9.17, 15) is 12.8 Å². The Hall–Kier alpha value is -0.730. The molecule has 0 atom stereocenters. The van der Waals surface area contributed by atoms with Crippen LogP contribution in [0.4, 0.5) is 4.39 Å². The molecule has 0 unspecified atom stereocenters. The van der Waals surface area contributed by atoms with Gasteiger partial charge in [-0.25, -0.2) is 17.5 Å². The summed E-state index contributed by atoms with van der Waals surface area (Å²) in [5, 5.41) is -0.144. The lowest BCUT2D eigenvalue weighted by Gasteiger charge is -2.12. The predicted octanol–water partition coefficient (Wildman–Crippen LogP) is 0.778. The highest BCUT2D eigenvalue weighted by Crippen LogP contribution is 2.23. The van der Waals surface area contributed by atoms with Crippen LogP contribution < -0.4 is 10.5 Å². The number of likely N-dealkylation sites (N-methyl/N-ethyl adjacent to an activating group) is 1. The third-order valence-electron chi connectivity index (χ3n) is 2.46. The molecule has 0 aromatic heterocycles. The van der Waals surface area contributed by atoms with E-state index in [-0.39, 0.29) is 28.6 Å². The highest BCUT2D eigenvalue weighted by molar-refractivity contribution is 7.89. The Bertz CT molecular complexity index is 549. The lowest BCUT2D eigenvalue weighted by atomic mass is 10.2. The number of benzene rings is 1. The molecule has 0 amide bonds. The number of nitrogens with one attached hydrogen (secondary N) is 1. The van der Waals surface area contributed by atoms with E-state index in [1.165, 1.54) is 6.07 Å². The largest absolute Gasteiger partial charge is 0.326 e. The Morgan fingerprint density at radius 1 is 1.42 bits per heavy atom. The van der Waals surface area contributed by atoms with Crippen molar-refractivity contribution in [3.8, 4) is 0 Å². The summed E-state index contributed by atoms with van der Waals surface area (Å²) in [6.07, 6.45) is 0. The van der Waals surface area contributed by atoms with Crippen LogP contribution in [-0.4, -0.2) is 40.5 Å². The van der Waals surface area contributed by atoms with E-state index in [1.54, 1.807) is 0 Å². The molecule has 0 aliphatic heterocycles. The first kappa shape index (κ1) is 16.3. The molecule has 0 spiro atoms. The van der Waals surface area contributed by atoms with Crippen molar-refractivity contribution in [3.63, 3.8) is 0 Å². The highest BCUT2D eigenvalue weighted by Gasteiger charge is 2.18. The Kier molecular flexibility index (Phi) is 5.69. The molecule has 1 rings (SSSR count). The SMILES string of the molecule is CN(C)CCNS(=O)(=O)c1cc(F)c(Cl)c(CN)c1. The smallest absolute Gasteiger partial charge is 0.240 e. The average Bonchev–Trinajstić information content (AvgIpc) is 2.31. The van der Waals surface area contributed by atoms with Crippen LogP contribution in [-0.2, 0) is 16.6 Å². The van der Waals surface area contributed by atoms with Crippen molar-refractivity contribution in [1.82, 2.24) is 9.62 Å². The quantitative estimate of drug-likeness (QED) is 0.814. The van der Waals surface area contributed by atoms with Gasteiger partial charge in [-0.1, -0.05) is 11.6 Å². The van der Waals surface area contributed by atoms with E-state index in [2.05, 4.69) is 4.72 Å². The standard InChI is InChI=1S/C11H17ClFN3O2S/c1-16(2)4-3-15-19(17,18)9-5-8(7-14)11(12)10(13)6-9/h5-6,15H,3-4,7,14H2,1-2H3. The third-order valence-corrected chi connectivity index (χ3v) is 4.32. The van der Waals surface area contributed by atoms with Gasteiger partial charge < -0.3 is 10.6 Å². The summed E-state index contributed by atoms with van der Waals surface area (Å²) in [6, 6.07) is 2.17. The molecule has 0 aliphatic carbocycles. The minimum Gasteiger partial charge on any atom is -0.326 e. The van der Waals surface area contributed by atoms with Crippen LogP contribution in [0, 0.1) is 5.82 Å². The van der Waals surface area contributed by atoms with Gasteiger partial charge in [0, 0.05) is 19.6 Å². The number of halogens is 2. The van der Waals surface area contributed by atoms with Crippen molar-refractivity contribution >= 4 is 21.6 Å². The molecule has 0 radical (unpaired) electrons. The number of nitrogens with zero attached hydrogens (tertiary/aromatic N) is 1. The fraction of sp³-hybridized carbons (Fsp3) is 0.455. The maximum absolute atomic E-state index is 13.5. The zero-order chi connectivity index (χ0) is 14.6. The summed E-state index contributed by atoms with van der Waals surface area (Å²) in [5.74, 6) is -0.794. The Labute approximate surface area is 117 Å². The minimum absolute atomic E-state index is 0.0309. The van der Waals surface area contributed by atoms with Crippen LogP contribution >= 0.6 is 11.6 Å². The van der Waals surface area contributed by atoms with E-state index >= 15 is 0 Å². The molecule has 3 N–H and O–H groups in total. The van der Waals surface area contributed by atoms with E-state index in [0.29, 0.717) is 6.54 Å². The second-order valence-electron chi connectivity index (χ2n) is 4.28. The van der Waals surface area contributed by atoms with E-state index in [0.717, 1.165) is 6.07 Å². The minimum atomic E-state index is -3.76. The molecule has 5 nitrogen and oxygen atoms in total. The maximum Gasteiger partial charge on any atom is 0.240 e. The second kappa shape index (κ2) is 6.62. The fourth-order valence-electron chi connectivity index (χ4n) is 1.41. The molecule has 108 valence electrons. The van der Waals surface area contributed by atoms with Crippen molar-refractivity contribution < 1.29 is 12.8 Å². The molecular weight excluding hydrogens is 293 g/mol. The molecule has 1 aromatic carbocycles. The van der Waals surface area contributed by atoms with Gasteiger partial charge in [-0.05, 0) is 31.8 Å². The van der Waals surface area contributed by atoms with Gasteiger partial charge in [-0.15, -0.1) is 0 Å². The van der Waals surface area contributed by atoms with Crippen LogP contribution in [0.15, 0.2) is 17.0 Å². The number of hydrogen-bond acceptors (Lipinski definition) is 4. The van der Waals surface area contributed by atoms with Crippen LogP contribution in [0.5, 0.6) is 0 Å². The number of rotatable bonds is 6. The van der Waals surface area contributed by atoms with E-state index in [1.807, 2.05) is 19.0 Å². The lowest BCUT2D eigenvalue weighted by Crippen LogP contribution is -2.31. The Morgan fingerprint density at radius 2 is 2.05 bits per heavy atom. The van der Waals surface area contributed by atoms with Crippen LogP contribution in [0.25, 0.3) is 0 Å². The van der Waals surface area contributed by atoms with Gasteiger partial charge in [0.1, 0.15) is 5.82 Å². The molecule has 0 saturated heterocycles. The van der Waals surface area contributed by atoms with Gasteiger partial charge in [-0.2, -0.15) is 0 Å². The molecule has 8 heteroatoms. The van der Waals surface area contributed by atoms with Crippen molar-refractivity contribution in [2.45, 2.75) is 11.4 Å². The van der Waals surface area contributed by atoms with Gasteiger partial charge >= 0.3 is 0 Å². The molecule has 1 aromatic rings. The zero-order valence-electron chi connectivity index (χ0n) is 10.8. The Morgan fingerprint density at radius 3 is 2.58 bits per heavy atom. The first-order valence-corrected chi connectivity index (χ1v) is 7.46. The summed E-state index contributed by atoms with van der Waals surface area (Å²) >= 11 is 5.68. The van der Waals surface area contributed by atoms with Gasteiger partial charge in [0.15, 0.2) is 0 Å². The number of sulfonamides is 1. The number of nitrogens with two attached hydrogens (primary N) is 1. The van der Waals surface area contributed by atoms with Crippen LogP contribution in [0.3, 0.4) is 0 Å². The summed E-state index contributed by atoms with van der Waals surface area (Å²) in [4.78, 5) is 1.66. The summed E-state index contributed by atoms with van der Waals surface area (Å²) in [6.45, 7) is 0.743. The van der Waals surface area contributed by atoms with Crippen LogP contribution in [0.1, 0.15) is 5.56 Å². The number of hydrogen-bond donors (Lipinski definition) is 2. The summed E-state index contributed by atoms with van der Waals surface area (Å²) in [5.41, 5.74) is 5.66. The first-order valence-electron chi connectivity index (χ1n) is 5.60. The molecule has 19 heavy (non-hydrogen) atoms. The van der Waals surface area contributed by atoms with E-state index < -0.39 is 15.8 Å². The van der Waals surface area contributed by atoms with Gasteiger partial charge in [0.2, 0.25) is 10.0 Å². The normalized spacial score (nSPS) is 12.1. The topological polar surface area (TPSA) is 75.4 Å². The third kappa shape index (κ3) is 4.39. The predicted molar refractivity (Wildman–Crippen MR) is 73.0 cm³/mol. The first-order chi connectivity index (χ1) is 8.77.